The van der Waals surface area contributed by atoms with E-state index < -0.39 is 0 Å². The van der Waals surface area contributed by atoms with Crippen LogP contribution >= 0.6 is 0 Å². The fourth-order valence-corrected chi connectivity index (χ4v) is 2.56. The van der Waals surface area contributed by atoms with Crippen LogP contribution in [-0.4, -0.2) is 69.9 Å². The molecule has 0 aromatic carbocycles. The van der Waals surface area contributed by atoms with E-state index in [-0.39, 0.29) is 24.7 Å². The van der Waals surface area contributed by atoms with Crippen LogP contribution in [-0.2, 0) is 22.6 Å². The summed E-state index contributed by atoms with van der Waals surface area (Å²) in [5.74, 6) is 1.77. The zero-order valence-corrected chi connectivity index (χ0v) is 13.5. The van der Waals surface area contributed by atoms with Crippen molar-refractivity contribution < 1.29 is 9.53 Å². The molecule has 1 aliphatic rings. The van der Waals surface area contributed by atoms with Crippen molar-refractivity contribution >= 4 is 5.91 Å². The van der Waals surface area contributed by atoms with E-state index in [9.17, 15) is 4.79 Å². The van der Waals surface area contributed by atoms with Crippen LogP contribution < -0.4 is 0 Å². The van der Waals surface area contributed by atoms with Crippen LogP contribution in [0.4, 0.5) is 0 Å². The van der Waals surface area contributed by atoms with E-state index in [1.165, 1.54) is 0 Å². The Morgan fingerprint density at radius 1 is 1.43 bits per heavy atom. The maximum atomic E-state index is 12.4. The van der Waals surface area contributed by atoms with Gasteiger partial charge in [0.1, 0.15) is 12.4 Å². The minimum atomic E-state index is 0.0162. The molecule has 0 spiro atoms. The molecule has 1 aliphatic heterocycles. The van der Waals surface area contributed by atoms with Crippen LogP contribution in [0.15, 0.2) is 0 Å². The second kappa shape index (κ2) is 6.53. The maximum Gasteiger partial charge on any atom is 0.249 e. The fourth-order valence-electron chi connectivity index (χ4n) is 2.56. The van der Waals surface area contributed by atoms with Crippen LogP contribution in [0.3, 0.4) is 0 Å². The number of rotatable bonds is 5. The average Bonchev–Trinajstić information content (AvgIpc) is 2.76. The number of hydrogen-bond donors (Lipinski definition) is 0. The summed E-state index contributed by atoms with van der Waals surface area (Å²) in [6, 6.07) is 0.116. The number of aromatic nitrogens is 3. The number of fused-ring (bicyclic) bond motifs is 1. The Balaban J connectivity index is 2.14. The Morgan fingerprint density at radius 3 is 2.76 bits per heavy atom. The summed E-state index contributed by atoms with van der Waals surface area (Å²) in [6.45, 7) is 7.97. The lowest BCUT2D eigenvalue weighted by molar-refractivity contribution is -0.142. The Labute approximate surface area is 125 Å². The highest BCUT2D eigenvalue weighted by atomic mass is 16.5. The molecule has 21 heavy (non-hydrogen) atoms. The van der Waals surface area contributed by atoms with Crippen LogP contribution in [0.1, 0.15) is 25.5 Å². The topological polar surface area (TPSA) is 63.5 Å². The number of nitrogens with zero attached hydrogens (tertiary/aromatic N) is 5. The Hall–Kier alpha value is -1.47. The van der Waals surface area contributed by atoms with Gasteiger partial charge in [-0.2, -0.15) is 0 Å². The Kier molecular flexibility index (Phi) is 4.95. The van der Waals surface area contributed by atoms with Crippen molar-refractivity contribution in [2.45, 2.75) is 46.0 Å². The largest absolute Gasteiger partial charge is 0.369 e. The van der Waals surface area contributed by atoms with Crippen LogP contribution in [0.2, 0.25) is 0 Å². The van der Waals surface area contributed by atoms with Gasteiger partial charge in [-0.3, -0.25) is 4.79 Å². The lowest BCUT2D eigenvalue weighted by Gasteiger charge is -2.37. The van der Waals surface area contributed by atoms with Crippen molar-refractivity contribution in [2.24, 2.45) is 0 Å². The van der Waals surface area contributed by atoms with Crippen molar-refractivity contribution in [3.63, 3.8) is 0 Å². The number of carbonyl (C=O) groups is 1. The molecule has 0 N–H and O–H groups in total. The van der Waals surface area contributed by atoms with Gasteiger partial charge in [-0.05, 0) is 34.9 Å². The molecule has 118 valence electrons. The smallest absolute Gasteiger partial charge is 0.249 e. The molecular formula is C14H25N5O2. The molecule has 0 aliphatic carbocycles. The highest BCUT2D eigenvalue weighted by Crippen LogP contribution is 2.18. The van der Waals surface area contributed by atoms with Gasteiger partial charge in [0.15, 0.2) is 5.82 Å². The summed E-state index contributed by atoms with van der Waals surface area (Å²) in [6.07, 6.45) is 0.0527. The molecule has 7 heteroatoms. The first-order chi connectivity index (χ1) is 9.88. The van der Waals surface area contributed by atoms with Gasteiger partial charge in [-0.15, -0.1) is 10.2 Å². The van der Waals surface area contributed by atoms with E-state index in [2.05, 4.69) is 19.7 Å². The molecule has 1 aromatic heterocycles. The van der Waals surface area contributed by atoms with Gasteiger partial charge in [0, 0.05) is 13.1 Å². The number of likely N-dealkylation sites (N-methyl/N-ethyl adjacent to an activating group) is 1. The molecule has 1 aromatic rings. The molecule has 0 saturated heterocycles. The van der Waals surface area contributed by atoms with Crippen LogP contribution in [0.25, 0.3) is 0 Å². The van der Waals surface area contributed by atoms with Crippen molar-refractivity contribution in [1.82, 2.24) is 24.6 Å². The minimum absolute atomic E-state index is 0.0162. The van der Waals surface area contributed by atoms with Gasteiger partial charge >= 0.3 is 0 Å². The van der Waals surface area contributed by atoms with Gasteiger partial charge in [0.25, 0.3) is 0 Å². The molecule has 0 radical (unpaired) electrons. The zero-order valence-electron chi connectivity index (χ0n) is 13.5. The normalized spacial score (nSPS) is 18.4. The molecule has 1 unspecified atom stereocenters. The summed E-state index contributed by atoms with van der Waals surface area (Å²) in [7, 11) is 4.03. The highest BCUT2D eigenvalue weighted by molar-refractivity contribution is 5.78. The number of carbonyl (C=O) groups excluding carboxylic acids is 1. The van der Waals surface area contributed by atoms with Crippen molar-refractivity contribution in [2.75, 3.05) is 27.2 Å². The summed E-state index contributed by atoms with van der Waals surface area (Å²) in [4.78, 5) is 16.4. The first-order valence-corrected chi connectivity index (χ1v) is 7.33. The number of amides is 1. The van der Waals surface area contributed by atoms with Gasteiger partial charge < -0.3 is 19.1 Å². The van der Waals surface area contributed by atoms with Gasteiger partial charge in [-0.1, -0.05) is 0 Å². The number of aryl methyl sites for hydroxylation is 1. The molecule has 0 fully saturated rings. The number of hydrogen-bond acceptors (Lipinski definition) is 5. The molecule has 0 bridgehead atoms. The standard InChI is InChI=1S/C14H25N5O2/c1-10(2)21-9-14(20)19-8-13-16-15-11(3)18(13)7-12(19)6-17(4)5/h10,12H,6-9H2,1-5H3. The van der Waals surface area contributed by atoms with Crippen LogP contribution in [0.5, 0.6) is 0 Å². The lowest BCUT2D eigenvalue weighted by Crippen LogP contribution is -2.52. The van der Waals surface area contributed by atoms with E-state index in [0.29, 0.717) is 6.54 Å². The minimum Gasteiger partial charge on any atom is -0.369 e. The molecule has 0 saturated carbocycles. The third-order valence-corrected chi connectivity index (χ3v) is 3.59. The SMILES string of the molecule is Cc1nnc2n1CC(CN(C)C)N(C(=O)COC(C)C)C2. The molecule has 7 nitrogen and oxygen atoms in total. The van der Waals surface area contributed by atoms with E-state index in [4.69, 9.17) is 4.74 Å². The highest BCUT2D eigenvalue weighted by Gasteiger charge is 2.32. The second-order valence-corrected chi connectivity index (χ2v) is 6.07. The van der Waals surface area contributed by atoms with Crippen molar-refractivity contribution in [3.05, 3.63) is 11.6 Å². The first kappa shape index (κ1) is 15.9. The van der Waals surface area contributed by atoms with E-state index in [1.54, 1.807) is 0 Å². The number of ether oxygens (including phenoxy) is 1. The van der Waals surface area contributed by atoms with E-state index >= 15 is 0 Å². The predicted octanol–water partition coefficient (Wildman–Crippen LogP) is 0.284. The summed E-state index contributed by atoms with van der Waals surface area (Å²) < 4.78 is 7.55. The van der Waals surface area contributed by atoms with Gasteiger partial charge in [-0.25, -0.2) is 0 Å². The van der Waals surface area contributed by atoms with Crippen LogP contribution in [0, 0.1) is 6.92 Å². The third-order valence-electron chi connectivity index (χ3n) is 3.59. The summed E-state index contributed by atoms with van der Waals surface area (Å²) >= 11 is 0. The third kappa shape index (κ3) is 3.79. The fraction of sp³-hybridized carbons (Fsp3) is 0.786. The predicted molar refractivity (Wildman–Crippen MR) is 78.7 cm³/mol. The molecule has 2 heterocycles. The average molecular weight is 295 g/mol. The summed E-state index contributed by atoms with van der Waals surface area (Å²) in [5, 5.41) is 8.27. The van der Waals surface area contributed by atoms with Crippen molar-refractivity contribution in [1.29, 1.82) is 0 Å². The molecule has 2 rings (SSSR count). The second-order valence-electron chi connectivity index (χ2n) is 6.07. The van der Waals surface area contributed by atoms with E-state index in [0.717, 1.165) is 24.7 Å². The summed E-state index contributed by atoms with van der Waals surface area (Å²) in [5.41, 5.74) is 0. The lowest BCUT2D eigenvalue weighted by atomic mass is 10.1. The molecule has 1 atom stereocenters. The van der Waals surface area contributed by atoms with Gasteiger partial charge in [0.05, 0.1) is 18.7 Å². The Bertz CT molecular complexity index is 498. The molecular weight excluding hydrogens is 270 g/mol. The van der Waals surface area contributed by atoms with E-state index in [1.807, 2.05) is 39.8 Å². The van der Waals surface area contributed by atoms with Gasteiger partial charge in [0.2, 0.25) is 5.91 Å². The zero-order chi connectivity index (χ0) is 15.6. The quantitative estimate of drug-likeness (QED) is 0.781. The molecule has 1 amide bonds. The maximum absolute atomic E-state index is 12.4. The van der Waals surface area contributed by atoms with Crippen molar-refractivity contribution in [3.8, 4) is 0 Å². The Morgan fingerprint density at radius 2 is 2.14 bits per heavy atom. The monoisotopic (exact) mass is 295 g/mol. The first-order valence-electron chi connectivity index (χ1n) is 7.33.